The molecule has 0 fully saturated rings. The first-order chi connectivity index (χ1) is 9.55. The van der Waals surface area contributed by atoms with Crippen molar-refractivity contribution in [3.05, 3.63) is 65.4 Å². The van der Waals surface area contributed by atoms with Crippen LogP contribution in [0.2, 0.25) is 0 Å². The van der Waals surface area contributed by atoms with Crippen LogP contribution in [0.1, 0.15) is 37.6 Å². The number of aromatic amines is 1. The van der Waals surface area contributed by atoms with Gasteiger partial charge in [-0.25, -0.2) is 0 Å². The van der Waals surface area contributed by atoms with Crippen LogP contribution in [0.5, 0.6) is 0 Å². The molecule has 0 spiro atoms. The molecular formula is C19H21N. The van der Waals surface area contributed by atoms with E-state index in [1.807, 2.05) is 12.2 Å². The van der Waals surface area contributed by atoms with Gasteiger partial charge in [-0.3, -0.25) is 0 Å². The van der Waals surface area contributed by atoms with Gasteiger partial charge >= 0.3 is 0 Å². The maximum atomic E-state index is 3.83. The fourth-order valence-corrected chi connectivity index (χ4v) is 2.23. The standard InChI is InChI=1S/C19H21N/c1-6-14(5)11-17-16-9-8-15(7-2)12-19(16)20-18(17)10-13(3)4/h6-12,20H,1-2H2,3-5H3/b14-11+. The summed E-state index contributed by atoms with van der Waals surface area (Å²) in [5, 5.41) is 1.23. The third kappa shape index (κ3) is 2.83. The largest absolute Gasteiger partial charge is 0.354 e. The van der Waals surface area contributed by atoms with Crippen LogP contribution in [-0.4, -0.2) is 4.98 Å². The SMILES string of the molecule is C=C/C(C)=C/c1c(C=C(C)C)[nH]c2cc(C=C)ccc12. The van der Waals surface area contributed by atoms with Crippen LogP contribution in [0.3, 0.4) is 0 Å². The minimum atomic E-state index is 1.12. The van der Waals surface area contributed by atoms with Crippen molar-refractivity contribution in [2.45, 2.75) is 20.8 Å². The lowest BCUT2D eigenvalue weighted by Crippen LogP contribution is -1.79. The fourth-order valence-electron chi connectivity index (χ4n) is 2.23. The second-order valence-electron chi connectivity index (χ2n) is 5.28. The van der Waals surface area contributed by atoms with Crippen LogP contribution in [0.4, 0.5) is 0 Å². The minimum Gasteiger partial charge on any atom is -0.354 e. The molecule has 0 saturated heterocycles. The number of rotatable bonds is 4. The van der Waals surface area contributed by atoms with Crippen LogP contribution in [0, 0.1) is 0 Å². The summed E-state index contributed by atoms with van der Waals surface area (Å²) in [6.45, 7) is 13.9. The number of hydrogen-bond donors (Lipinski definition) is 1. The first kappa shape index (κ1) is 14.1. The van der Waals surface area contributed by atoms with E-state index in [0.29, 0.717) is 0 Å². The molecular weight excluding hydrogens is 242 g/mol. The predicted molar refractivity (Wildman–Crippen MR) is 91.6 cm³/mol. The molecule has 0 saturated carbocycles. The van der Waals surface area contributed by atoms with Crippen molar-refractivity contribution in [3.63, 3.8) is 0 Å². The zero-order chi connectivity index (χ0) is 14.7. The number of nitrogens with one attached hydrogen (secondary N) is 1. The normalized spacial score (nSPS) is 11.4. The first-order valence-electron chi connectivity index (χ1n) is 6.79. The molecule has 0 unspecified atom stereocenters. The van der Waals surface area contributed by atoms with Crippen molar-refractivity contribution in [1.82, 2.24) is 4.98 Å². The topological polar surface area (TPSA) is 15.8 Å². The zero-order valence-electron chi connectivity index (χ0n) is 12.5. The quantitative estimate of drug-likeness (QED) is 0.669. The molecule has 102 valence electrons. The Morgan fingerprint density at radius 2 is 1.85 bits per heavy atom. The number of aromatic nitrogens is 1. The van der Waals surface area contributed by atoms with Gasteiger partial charge in [-0.1, -0.05) is 48.6 Å². The second kappa shape index (κ2) is 5.79. The molecule has 0 aliphatic carbocycles. The summed E-state index contributed by atoms with van der Waals surface area (Å²) in [5.41, 5.74) is 7.04. The molecule has 20 heavy (non-hydrogen) atoms. The molecule has 1 aromatic carbocycles. The average Bonchev–Trinajstić information content (AvgIpc) is 2.74. The van der Waals surface area contributed by atoms with Crippen LogP contribution < -0.4 is 0 Å². The molecule has 0 amide bonds. The highest BCUT2D eigenvalue weighted by Gasteiger charge is 2.08. The van der Waals surface area contributed by atoms with Gasteiger partial charge in [-0.2, -0.15) is 0 Å². The third-order valence-corrected chi connectivity index (χ3v) is 3.26. The van der Waals surface area contributed by atoms with Crippen molar-refractivity contribution in [3.8, 4) is 0 Å². The molecule has 0 bridgehead atoms. The Labute approximate surface area is 121 Å². The van der Waals surface area contributed by atoms with Gasteiger partial charge in [0.15, 0.2) is 0 Å². The van der Waals surface area contributed by atoms with Gasteiger partial charge in [0.2, 0.25) is 0 Å². The van der Waals surface area contributed by atoms with Gasteiger partial charge in [0.05, 0.1) is 0 Å². The summed E-state index contributed by atoms with van der Waals surface area (Å²) in [6.07, 6.45) is 8.10. The molecule has 0 aliphatic heterocycles. The number of allylic oxidation sites excluding steroid dienone is 3. The zero-order valence-corrected chi connectivity index (χ0v) is 12.5. The van der Waals surface area contributed by atoms with E-state index in [0.717, 1.165) is 22.3 Å². The van der Waals surface area contributed by atoms with E-state index in [1.165, 1.54) is 16.5 Å². The fraction of sp³-hybridized carbons (Fsp3) is 0.158. The highest BCUT2D eigenvalue weighted by molar-refractivity contribution is 5.94. The lowest BCUT2D eigenvalue weighted by atomic mass is 10.0. The number of fused-ring (bicyclic) bond motifs is 1. The molecule has 1 aromatic heterocycles. The maximum absolute atomic E-state index is 3.83. The van der Waals surface area contributed by atoms with Crippen molar-refractivity contribution in [2.24, 2.45) is 0 Å². The number of hydrogen-bond acceptors (Lipinski definition) is 0. The molecule has 1 N–H and O–H groups in total. The molecule has 0 aliphatic rings. The molecule has 2 rings (SSSR count). The van der Waals surface area contributed by atoms with E-state index in [-0.39, 0.29) is 0 Å². The van der Waals surface area contributed by atoms with Crippen molar-refractivity contribution < 1.29 is 0 Å². The van der Waals surface area contributed by atoms with Crippen LogP contribution in [0.25, 0.3) is 29.1 Å². The first-order valence-corrected chi connectivity index (χ1v) is 6.79. The molecule has 0 radical (unpaired) electrons. The predicted octanol–water partition coefficient (Wildman–Crippen LogP) is 5.82. The van der Waals surface area contributed by atoms with Crippen LogP contribution >= 0.6 is 0 Å². The summed E-state index contributed by atoms with van der Waals surface area (Å²) < 4.78 is 0. The lowest BCUT2D eigenvalue weighted by Gasteiger charge is -1.98. The minimum absolute atomic E-state index is 1.12. The van der Waals surface area contributed by atoms with Crippen LogP contribution in [-0.2, 0) is 0 Å². The summed E-state index contributed by atoms with van der Waals surface area (Å²) in [7, 11) is 0. The van der Waals surface area contributed by atoms with Gasteiger partial charge in [-0.05, 0) is 44.6 Å². The summed E-state index contributed by atoms with van der Waals surface area (Å²) >= 11 is 0. The van der Waals surface area contributed by atoms with Gasteiger partial charge < -0.3 is 4.98 Å². The van der Waals surface area contributed by atoms with Crippen LogP contribution in [0.15, 0.2) is 48.6 Å². The molecule has 2 aromatic rings. The maximum Gasteiger partial charge on any atom is 0.0470 e. The third-order valence-electron chi connectivity index (χ3n) is 3.26. The Morgan fingerprint density at radius 1 is 1.10 bits per heavy atom. The Hall–Kier alpha value is -2.28. The highest BCUT2D eigenvalue weighted by Crippen LogP contribution is 2.28. The van der Waals surface area contributed by atoms with E-state index in [9.17, 15) is 0 Å². The molecule has 1 heterocycles. The van der Waals surface area contributed by atoms with Gasteiger partial charge in [0, 0.05) is 22.2 Å². The summed E-state index contributed by atoms with van der Waals surface area (Å²) in [5.74, 6) is 0. The van der Waals surface area contributed by atoms with E-state index in [2.05, 4.69) is 69.3 Å². The van der Waals surface area contributed by atoms with E-state index < -0.39 is 0 Å². The van der Waals surface area contributed by atoms with Gasteiger partial charge in [-0.15, -0.1) is 0 Å². The van der Waals surface area contributed by atoms with Gasteiger partial charge in [0.25, 0.3) is 0 Å². The summed E-state index contributed by atoms with van der Waals surface area (Å²) in [4.78, 5) is 3.50. The van der Waals surface area contributed by atoms with E-state index >= 15 is 0 Å². The monoisotopic (exact) mass is 263 g/mol. The number of H-pyrrole nitrogens is 1. The Bertz CT molecular complexity index is 720. The number of benzene rings is 1. The molecule has 0 atom stereocenters. The highest BCUT2D eigenvalue weighted by atomic mass is 14.7. The van der Waals surface area contributed by atoms with Crippen molar-refractivity contribution in [1.29, 1.82) is 0 Å². The van der Waals surface area contributed by atoms with E-state index in [4.69, 9.17) is 0 Å². The van der Waals surface area contributed by atoms with Crippen molar-refractivity contribution >= 4 is 29.1 Å². The van der Waals surface area contributed by atoms with E-state index in [1.54, 1.807) is 0 Å². The Balaban J connectivity index is 2.75. The Kier molecular flexibility index (Phi) is 4.09. The summed E-state index contributed by atoms with van der Waals surface area (Å²) in [6, 6.07) is 6.37. The smallest absolute Gasteiger partial charge is 0.0470 e. The average molecular weight is 263 g/mol. The Morgan fingerprint density at radius 3 is 2.45 bits per heavy atom. The molecule has 1 nitrogen and oxygen atoms in total. The van der Waals surface area contributed by atoms with Crippen molar-refractivity contribution in [2.75, 3.05) is 0 Å². The lowest BCUT2D eigenvalue weighted by molar-refractivity contribution is 1.36. The van der Waals surface area contributed by atoms with Gasteiger partial charge in [0.1, 0.15) is 0 Å². The molecule has 1 heteroatoms. The second-order valence-corrected chi connectivity index (χ2v) is 5.28.